The molecule has 0 amide bonds. The molecule has 0 aliphatic rings. The zero-order valence-corrected chi connectivity index (χ0v) is 13.5. The smallest absolute Gasteiger partial charge is 0.207 e. The number of hydrogen-bond donors (Lipinski definition) is 1. The van der Waals surface area contributed by atoms with Gasteiger partial charge in [0.1, 0.15) is 0 Å². The minimum Gasteiger partial charge on any atom is -0.353 e. The molecule has 0 fully saturated rings. The number of hydrogen-bond acceptors (Lipinski definition) is 2. The first-order valence-corrected chi connectivity index (χ1v) is 7.21. The standard InChI is InChI=1S/C13H15ClIN3/c1-8(2)16-13-17-9(3)7-18(13)12-5-4-10(15)6-11(12)14/h4-8H,1-3H3,(H,16,17). The number of aromatic nitrogens is 2. The van der Waals surface area contributed by atoms with Gasteiger partial charge in [0.05, 0.1) is 16.4 Å². The summed E-state index contributed by atoms with van der Waals surface area (Å²) in [6, 6.07) is 6.33. The SMILES string of the molecule is Cc1cn(-c2ccc(I)cc2Cl)c(NC(C)C)n1. The monoisotopic (exact) mass is 375 g/mol. The van der Waals surface area contributed by atoms with Gasteiger partial charge in [-0.25, -0.2) is 4.98 Å². The molecule has 1 N–H and O–H groups in total. The van der Waals surface area contributed by atoms with E-state index in [4.69, 9.17) is 11.6 Å². The van der Waals surface area contributed by atoms with Crippen LogP contribution < -0.4 is 5.32 Å². The van der Waals surface area contributed by atoms with Crippen molar-refractivity contribution in [3.8, 4) is 5.69 Å². The van der Waals surface area contributed by atoms with Gasteiger partial charge < -0.3 is 5.32 Å². The van der Waals surface area contributed by atoms with Crippen LogP contribution in [0.25, 0.3) is 5.69 Å². The third-order valence-corrected chi connectivity index (χ3v) is 3.39. The summed E-state index contributed by atoms with van der Waals surface area (Å²) >= 11 is 8.55. The third-order valence-electron chi connectivity index (χ3n) is 2.41. The molecule has 2 rings (SSSR count). The molecule has 0 aliphatic heterocycles. The summed E-state index contributed by atoms with van der Waals surface area (Å²) < 4.78 is 3.12. The van der Waals surface area contributed by atoms with Crippen molar-refractivity contribution in [3.05, 3.63) is 38.7 Å². The summed E-state index contributed by atoms with van der Waals surface area (Å²) in [5.74, 6) is 0.825. The second kappa shape index (κ2) is 5.48. The Morgan fingerprint density at radius 2 is 2.11 bits per heavy atom. The molecule has 2 aromatic rings. The van der Waals surface area contributed by atoms with Crippen molar-refractivity contribution in [3.63, 3.8) is 0 Å². The van der Waals surface area contributed by atoms with Crippen molar-refractivity contribution < 1.29 is 0 Å². The van der Waals surface area contributed by atoms with Crippen molar-refractivity contribution in [2.24, 2.45) is 0 Å². The zero-order chi connectivity index (χ0) is 13.3. The minimum absolute atomic E-state index is 0.327. The van der Waals surface area contributed by atoms with Crippen LogP contribution in [0.1, 0.15) is 19.5 Å². The van der Waals surface area contributed by atoms with Crippen molar-refractivity contribution in [1.29, 1.82) is 0 Å². The molecule has 0 unspecified atom stereocenters. The number of nitrogens with zero attached hydrogens (tertiary/aromatic N) is 2. The van der Waals surface area contributed by atoms with Gasteiger partial charge >= 0.3 is 0 Å². The van der Waals surface area contributed by atoms with Crippen molar-refractivity contribution in [2.45, 2.75) is 26.8 Å². The van der Waals surface area contributed by atoms with Crippen LogP contribution in [0.5, 0.6) is 0 Å². The van der Waals surface area contributed by atoms with Crippen molar-refractivity contribution in [1.82, 2.24) is 9.55 Å². The van der Waals surface area contributed by atoms with Gasteiger partial charge in [0, 0.05) is 15.8 Å². The van der Waals surface area contributed by atoms with E-state index in [1.165, 1.54) is 0 Å². The van der Waals surface area contributed by atoms with Gasteiger partial charge in [0.2, 0.25) is 5.95 Å². The Kier molecular flexibility index (Phi) is 4.17. The van der Waals surface area contributed by atoms with Crippen molar-refractivity contribution >= 4 is 40.1 Å². The molecule has 18 heavy (non-hydrogen) atoms. The average molecular weight is 376 g/mol. The number of halogens is 2. The maximum Gasteiger partial charge on any atom is 0.207 e. The molecule has 0 bridgehead atoms. The lowest BCUT2D eigenvalue weighted by atomic mass is 10.3. The second-order valence-electron chi connectivity index (χ2n) is 4.47. The third kappa shape index (κ3) is 2.98. The van der Waals surface area contributed by atoms with Gasteiger partial charge in [0.15, 0.2) is 0 Å². The van der Waals surface area contributed by atoms with Crippen LogP contribution >= 0.6 is 34.2 Å². The van der Waals surface area contributed by atoms with Crippen LogP contribution in [0, 0.1) is 10.5 Å². The Morgan fingerprint density at radius 3 is 2.72 bits per heavy atom. The number of anilines is 1. The lowest BCUT2D eigenvalue weighted by Crippen LogP contribution is -2.14. The maximum atomic E-state index is 6.30. The number of imidazole rings is 1. The highest BCUT2D eigenvalue weighted by molar-refractivity contribution is 14.1. The first-order chi connectivity index (χ1) is 8.47. The highest BCUT2D eigenvalue weighted by atomic mass is 127. The van der Waals surface area contributed by atoms with E-state index < -0.39 is 0 Å². The summed E-state index contributed by atoms with van der Waals surface area (Å²) in [6.07, 6.45) is 1.98. The molecule has 0 radical (unpaired) electrons. The van der Waals surface area contributed by atoms with E-state index in [0.717, 1.165) is 25.9 Å². The molecule has 1 aromatic heterocycles. The summed E-state index contributed by atoms with van der Waals surface area (Å²) in [5, 5.41) is 4.05. The molecule has 0 aliphatic carbocycles. The highest BCUT2D eigenvalue weighted by Crippen LogP contribution is 2.26. The Bertz CT molecular complexity index is 563. The molecule has 0 spiro atoms. The van der Waals surface area contributed by atoms with E-state index in [-0.39, 0.29) is 0 Å². The van der Waals surface area contributed by atoms with Gasteiger partial charge in [-0.05, 0) is 61.6 Å². The molecule has 5 heteroatoms. The molecule has 0 saturated carbocycles. The van der Waals surface area contributed by atoms with E-state index in [0.29, 0.717) is 6.04 Å². The van der Waals surface area contributed by atoms with Gasteiger partial charge in [-0.15, -0.1) is 0 Å². The van der Waals surface area contributed by atoms with Crippen LogP contribution in [0.4, 0.5) is 5.95 Å². The predicted molar refractivity (Wildman–Crippen MR) is 84.8 cm³/mol. The second-order valence-corrected chi connectivity index (χ2v) is 6.12. The fourth-order valence-corrected chi connectivity index (χ4v) is 2.66. The maximum absolute atomic E-state index is 6.30. The molecule has 1 heterocycles. The molecule has 1 aromatic carbocycles. The van der Waals surface area contributed by atoms with Crippen LogP contribution in [-0.4, -0.2) is 15.6 Å². The number of nitrogens with one attached hydrogen (secondary N) is 1. The number of benzene rings is 1. The van der Waals surface area contributed by atoms with Crippen LogP contribution in [0.2, 0.25) is 5.02 Å². The normalized spacial score (nSPS) is 11.0. The highest BCUT2D eigenvalue weighted by Gasteiger charge is 2.11. The van der Waals surface area contributed by atoms with Crippen LogP contribution in [-0.2, 0) is 0 Å². The van der Waals surface area contributed by atoms with E-state index in [9.17, 15) is 0 Å². The summed E-state index contributed by atoms with van der Waals surface area (Å²) in [5.41, 5.74) is 1.91. The molecular weight excluding hydrogens is 361 g/mol. The van der Waals surface area contributed by atoms with Gasteiger partial charge in [-0.3, -0.25) is 4.57 Å². The molecule has 3 nitrogen and oxygen atoms in total. The molecule has 0 atom stereocenters. The van der Waals surface area contributed by atoms with Gasteiger partial charge in [-0.1, -0.05) is 11.6 Å². The largest absolute Gasteiger partial charge is 0.353 e. The van der Waals surface area contributed by atoms with Crippen LogP contribution in [0.3, 0.4) is 0 Å². The Hall–Kier alpha value is -0.750. The Morgan fingerprint density at radius 1 is 1.39 bits per heavy atom. The number of rotatable bonds is 3. The fraction of sp³-hybridized carbons (Fsp3) is 0.308. The quantitative estimate of drug-likeness (QED) is 0.813. The van der Waals surface area contributed by atoms with Crippen molar-refractivity contribution in [2.75, 3.05) is 5.32 Å². The van der Waals surface area contributed by atoms with E-state index in [1.807, 2.05) is 35.9 Å². The lowest BCUT2D eigenvalue weighted by molar-refractivity contribution is 0.864. The molecular formula is C13H15ClIN3. The average Bonchev–Trinajstić information content (AvgIpc) is 2.58. The molecule has 0 saturated heterocycles. The summed E-state index contributed by atoms with van der Waals surface area (Å²) in [6.45, 7) is 6.15. The lowest BCUT2D eigenvalue weighted by Gasteiger charge is -2.13. The number of aryl methyl sites for hydroxylation is 1. The van der Waals surface area contributed by atoms with E-state index >= 15 is 0 Å². The first-order valence-electron chi connectivity index (χ1n) is 5.75. The minimum atomic E-state index is 0.327. The zero-order valence-electron chi connectivity index (χ0n) is 10.5. The molecule has 96 valence electrons. The Balaban J connectivity index is 2.49. The van der Waals surface area contributed by atoms with Crippen LogP contribution in [0.15, 0.2) is 24.4 Å². The van der Waals surface area contributed by atoms with Gasteiger partial charge in [0.25, 0.3) is 0 Å². The summed E-state index contributed by atoms with van der Waals surface area (Å²) in [4.78, 5) is 4.48. The fourth-order valence-electron chi connectivity index (χ4n) is 1.72. The Labute approximate surface area is 126 Å². The summed E-state index contributed by atoms with van der Waals surface area (Å²) in [7, 11) is 0. The topological polar surface area (TPSA) is 29.9 Å². The van der Waals surface area contributed by atoms with E-state index in [2.05, 4.69) is 46.7 Å². The van der Waals surface area contributed by atoms with E-state index in [1.54, 1.807) is 0 Å². The van der Waals surface area contributed by atoms with Gasteiger partial charge in [-0.2, -0.15) is 0 Å². The first kappa shape index (κ1) is 13.7. The predicted octanol–water partition coefficient (Wildman–Crippen LogP) is 4.26.